The molecule has 1 saturated heterocycles. The summed E-state index contributed by atoms with van der Waals surface area (Å²) in [7, 11) is 0. The zero-order valence-corrected chi connectivity index (χ0v) is 11.2. The van der Waals surface area contributed by atoms with E-state index in [9.17, 15) is 14.4 Å². The molecule has 2 unspecified atom stereocenters. The van der Waals surface area contributed by atoms with Gasteiger partial charge in [0.1, 0.15) is 6.61 Å². The van der Waals surface area contributed by atoms with E-state index in [1.807, 2.05) is 13.8 Å². The fraction of sp³-hybridized carbons (Fsp3) is 0.615. The average Bonchev–Trinajstić information content (AvgIpc) is 2.68. The van der Waals surface area contributed by atoms with Gasteiger partial charge in [0.05, 0.1) is 12.0 Å². The van der Waals surface area contributed by atoms with Gasteiger partial charge in [-0.05, 0) is 25.3 Å². The van der Waals surface area contributed by atoms with E-state index >= 15 is 0 Å². The minimum absolute atomic E-state index is 0.0903. The molecule has 1 rings (SSSR count). The minimum Gasteiger partial charge on any atom is -0.447 e. The molecule has 0 bridgehead atoms. The number of carbonyl (C=O) groups excluding carboxylic acids is 3. The number of ether oxygens (including phenoxy) is 1. The third-order valence-corrected chi connectivity index (χ3v) is 3.10. The van der Waals surface area contributed by atoms with Crippen LogP contribution in [0.5, 0.6) is 0 Å². The molecule has 0 saturated carbocycles. The minimum atomic E-state index is -0.894. The van der Waals surface area contributed by atoms with Crippen molar-refractivity contribution in [3.63, 3.8) is 0 Å². The van der Waals surface area contributed by atoms with Gasteiger partial charge in [0.25, 0.3) is 0 Å². The maximum Gasteiger partial charge on any atom is 0.417 e. The topological polar surface area (TPSA) is 63.7 Å². The molecule has 0 aromatic rings. The summed E-state index contributed by atoms with van der Waals surface area (Å²) in [5.41, 5.74) is 0.310. The van der Waals surface area contributed by atoms with Crippen LogP contribution in [0.15, 0.2) is 12.2 Å². The van der Waals surface area contributed by atoms with Gasteiger partial charge in [-0.25, -0.2) is 9.69 Å². The number of nitrogens with zero attached hydrogens (tertiary/aromatic N) is 1. The van der Waals surface area contributed by atoms with Crippen molar-refractivity contribution in [1.29, 1.82) is 0 Å². The van der Waals surface area contributed by atoms with E-state index in [-0.39, 0.29) is 24.3 Å². The van der Waals surface area contributed by atoms with Crippen LogP contribution in [0.1, 0.15) is 27.7 Å². The van der Waals surface area contributed by atoms with Gasteiger partial charge >= 0.3 is 6.09 Å². The second kappa shape index (κ2) is 5.33. The Morgan fingerprint density at radius 3 is 2.39 bits per heavy atom. The lowest BCUT2D eigenvalue weighted by Gasteiger charge is -2.24. The van der Waals surface area contributed by atoms with Crippen LogP contribution in [0.2, 0.25) is 0 Å². The van der Waals surface area contributed by atoms with E-state index in [4.69, 9.17) is 4.74 Å². The Kier molecular flexibility index (Phi) is 4.27. The van der Waals surface area contributed by atoms with Crippen molar-refractivity contribution in [3.05, 3.63) is 12.2 Å². The first-order chi connectivity index (χ1) is 8.27. The molecule has 0 spiro atoms. The molecule has 0 aromatic heterocycles. The zero-order chi connectivity index (χ0) is 14.0. The van der Waals surface area contributed by atoms with Crippen LogP contribution < -0.4 is 0 Å². The Morgan fingerprint density at radius 1 is 1.39 bits per heavy atom. The summed E-state index contributed by atoms with van der Waals surface area (Å²) in [6, 6.07) is -0.301. The molecule has 1 aliphatic heterocycles. The molecule has 1 heterocycles. The van der Waals surface area contributed by atoms with Crippen molar-refractivity contribution < 1.29 is 19.1 Å². The molecule has 1 aliphatic rings. The van der Waals surface area contributed by atoms with E-state index in [0.29, 0.717) is 5.57 Å². The molecule has 1 fully saturated rings. The van der Waals surface area contributed by atoms with Crippen molar-refractivity contribution in [1.82, 2.24) is 4.90 Å². The van der Waals surface area contributed by atoms with Crippen LogP contribution in [-0.4, -0.2) is 35.3 Å². The van der Waals surface area contributed by atoms with E-state index in [2.05, 4.69) is 6.58 Å². The first kappa shape index (κ1) is 14.4. The lowest BCUT2D eigenvalue weighted by atomic mass is 9.97. The Labute approximate surface area is 107 Å². The van der Waals surface area contributed by atoms with E-state index < -0.39 is 17.9 Å². The summed E-state index contributed by atoms with van der Waals surface area (Å²) in [5.74, 6) is -1.66. The molecule has 0 N–H and O–H groups in total. The van der Waals surface area contributed by atoms with E-state index in [1.165, 1.54) is 6.92 Å². The first-order valence-corrected chi connectivity index (χ1v) is 5.97. The predicted octanol–water partition coefficient (Wildman–Crippen LogP) is 1.77. The zero-order valence-electron chi connectivity index (χ0n) is 11.2. The van der Waals surface area contributed by atoms with E-state index in [0.717, 1.165) is 4.90 Å². The van der Waals surface area contributed by atoms with Crippen LogP contribution in [0.3, 0.4) is 0 Å². The normalized spacial score (nSPS) is 20.8. The smallest absolute Gasteiger partial charge is 0.417 e. The molecule has 0 aromatic carbocycles. The molecular formula is C13H19NO4. The van der Waals surface area contributed by atoms with Crippen molar-refractivity contribution in [2.75, 3.05) is 6.61 Å². The molecule has 0 aliphatic carbocycles. The van der Waals surface area contributed by atoms with Crippen LogP contribution in [0.4, 0.5) is 4.79 Å². The fourth-order valence-corrected chi connectivity index (χ4v) is 1.87. The number of hydrogen-bond acceptors (Lipinski definition) is 4. The number of hydrogen-bond donors (Lipinski definition) is 0. The van der Waals surface area contributed by atoms with Crippen LogP contribution in [-0.2, 0) is 14.3 Å². The van der Waals surface area contributed by atoms with Gasteiger partial charge in [0.2, 0.25) is 5.91 Å². The lowest BCUT2D eigenvalue weighted by Crippen LogP contribution is -2.46. The second-order valence-corrected chi connectivity index (χ2v) is 4.96. The maximum absolute atomic E-state index is 12.2. The van der Waals surface area contributed by atoms with Gasteiger partial charge in [-0.3, -0.25) is 9.59 Å². The highest BCUT2D eigenvalue weighted by Gasteiger charge is 2.42. The van der Waals surface area contributed by atoms with Crippen molar-refractivity contribution in [3.8, 4) is 0 Å². The third-order valence-electron chi connectivity index (χ3n) is 3.10. The molecular weight excluding hydrogens is 234 g/mol. The third kappa shape index (κ3) is 2.60. The summed E-state index contributed by atoms with van der Waals surface area (Å²) in [4.78, 5) is 36.5. The quantitative estimate of drug-likeness (QED) is 0.566. The number of ketones is 1. The number of cyclic esters (lactones) is 1. The van der Waals surface area contributed by atoms with Crippen LogP contribution in [0, 0.1) is 11.8 Å². The number of imide groups is 1. The van der Waals surface area contributed by atoms with Crippen molar-refractivity contribution in [2.45, 2.75) is 33.7 Å². The highest BCUT2D eigenvalue weighted by molar-refractivity contribution is 6.11. The monoisotopic (exact) mass is 253 g/mol. The Balaban J connectivity index is 2.91. The van der Waals surface area contributed by atoms with Gasteiger partial charge in [-0.2, -0.15) is 0 Å². The van der Waals surface area contributed by atoms with Gasteiger partial charge in [0, 0.05) is 0 Å². The second-order valence-electron chi connectivity index (χ2n) is 4.96. The molecule has 2 atom stereocenters. The molecule has 18 heavy (non-hydrogen) atoms. The summed E-state index contributed by atoms with van der Waals surface area (Å²) >= 11 is 0. The Bertz CT molecular complexity index is 400. The molecule has 0 radical (unpaired) electrons. The number of rotatable bonds is 4. The largest absolute Gasteiger partial charge is 0.447 e. The maximum atomic E-state index is 12.2. The standard InChI is InChI=1S/C13H19NO4/c1-7(2)10-6-18-13(17)14(10)12(16)9(5)11(15)8(3)4/h7,9-10H,3,6H2,1-2,4-5H3. The van der Waals surface area contributed by atoms with Gasteiger partial charge in [-0.15, -0.1) is 0 Å². The number of Topliss-reactive ketones (excluding diaryl/α,β-unsaturated/α-hetero) is 1. The molecule has 5 heteroatoms. The predicted molar refractivity (Wildman–Crippen MR) is 65.8 cm³/mol. The van der Waals surface area contributed by atoms with Crippen molar-refractivity contribution >= 4 is 17.8 Å². The SMILES string of the molecule is C=C(C)C(=O)C(C)C(=O)N1C(=O)OCC1C(C)C. The lowest BCUT2D eigenvalue weighted by molar-refractivity contribution is -0.138. The summed E-state index contributed by atoms with van der Waals surface area (Å²) < 4.78 is 4.88. The highest BCUT2D eigenvalue weighted by atomic mass is 16.6. The molecule has 5 nitrogen and oxygen atoms in total. The number of carbonyl (C=O) groups is 3. The van der Waals surface area contributed by atoms with Crippen molar-refractivity contribution in [2.24, 2.45) is 11.8 Å². The average molecular weight is 253 g/mol. The van der Waals surface area contributed by atoms with Crippen LogP contribution >= 0.6 is 0 Å². The van der Waals surface area contributed by atoms with Gasteiger partial charge in [-0.1, -0.05) is 20.4 Å². The summed E-state index contributed by atoms with van der Waals surface area (Å²) in [6.07, 6.45) is -0.667. The van der Waals surface area contributed by atoms with Crippen LogP contribution in [0.25, 0.3) is 0 Å². The van der Waals surface area contributed by atoms with Gasteiger partial charge < -0.3 is 4.74 Å². The Morgan fingerprint density at radius 2 is 1.94 bits per heavy atom. The molecule has 2 amide bonds. The molecule has 100 valence electrons. The highest BCUT2D eigenvalue weighted by Crippen LogP contribution is 2.22. The summed E-state index contributed by atoms with van der Waals surface area (Å²) in [6.45, 7) is 10.6. The fourth-order valence-electron chi connectivity index (χ4n) is 1.87. The summed E-state index contributed by atoms with van der Waals surface area (Å²) in [5, 5.41) is 0. The number of allylic oxidation sites excluding steroid dienone is 1. The number of amides is 2. The van der Waals surface area contributed by atoms with Gasteiger partial charge in [0.15, 0.2) is 5.78 Å². The van der Waals surface area contributed by atoms with E-state index in [1.54, 1.807) is 6.92 Å². The Hall–Kier alpha value is -1.65. The first-order valence-electron chi connectivity index (χ1n) is 5.97.